The van der Waals surface area contributed by atoms with Crippen molar-refractivity contribution in [1.82, 2.24) is 5.32 Å². The van der Waals surface area contributed by atoms with E-state index in [0.29, 0.717) is 0 Å². The van der Waals surface area contributed by atoms with E-state index in [0.717, 1.165) is 9.90 Å². The van der Waals surface area contributed by atoms with Crippen LogP contribution in [0, 0.1) is 6.92 Å². The van der Waals surface area contributed by atoms with Crippen molar-refractivity contribution in [3.8, 4) is 0 Å². The lowest BCUT2D eigenvalue weighted by molar-refractivity contribution is 0.807. The average molecular weight is 213 g/mol. The van der Waals surface area contributed by atoms with Gasteiger partial charge in [0.25, 0.3) is 0 Å². The topological polar surface area (TPSA) is 24.4 Å². The van der Waals surface area contributed by atoms with Crippen LogP contribution in [0.4, 0.5) is 0 Å². The molecule has 0 saturated carbocycles. The summed E-state index contributed by atoms with van der Waals surface area (Å²) in [5, 5.41) is 3.99. The Kier molecular flexibility index (Phi) is 2.38. The Hall–Kier alpha value is -0.800. The first-order valence-electron chi connectivity index (χ1n) is 3.97. The highest BCUT2D eigenvalue weighted by Crippen LogP contribution is 2.31. The fourth-order valence-electron chi connectivity index (χ4n) is 1.17. The third-order valence-corrected chi connectivity index (χ3v) is 3.51. The molecule has 0 radical (unpaired) electrons. The fraction of sp³-hybridized carbons (Fsp3) is 0.222. The van der Waals surface area contributed by atoms with E-state index in [1.807, 2.05) is 19.1 Å². The van der Waals surface area contributed by atoms with Gasteiger partial charge in [0, 0.05) is 16.0 Å². The minimum Gasteiger partial charge on any atom is -0.365 e. The molecule has 68 valence electrons. The maximum absolute atomic E-state index is 5.97. The molecule has 0 aliphatic carbocycles. The van der Waals surface area contributed by atoms with Gasteiger partial charge in [-0.2, -0.15) is 0 Å². The summed E-state index contributed by atoms with van der Waals surface area (Å²) in [6, 6.07) is 2.23. The molecule has 13 heavy (non-hydrogen) atoms. The number of halogens is 1. The molecule has 4 heteroatoms. The Morgan fingerprint density at radius 2 is 2.46 bits per heavy atom. The van der Waals surface area contributed by atoms with Crippen molar-refractivity contribution >= 4 is 29.3 Å². The molecule has 1 atom stereocenters. The molecular formula is C9H9ClN2S. The van der Waals surface area contributed by atoms with Gasteiger partial charge in [0.1, 0.15) is 0 Å². The lowest BCUT2D eigenvalue weighted by Crippen LogP contribution is -2.18. The van der Waals surface area contributed by atoms with Crippen molar-refractivity contribution in [2.75, 3.05) is 0 Å². The van der Waals surface area contributed by atoms with Gasteiger partial charge in [0.05, 0.1) is 17.4 Å². The zero-order valence-corrected chi connectivity index (χ0v) is 8.69. The SMILES string of the molecule is Cc1sc(C2C=CN=CN2)cc1Cl. The highest BCUT2D eigenvalue weighted by molar-refractivity contribution is 7.12. The molecule has 0 amide bonds. The van der Waals surface area contributed by atoms with E-state index in [-0.39, 0.29) is 6.04 Å². The lowest BCUT2D eigenvalue weighted by atomic mass is 10.2. The van der Waals surface area contributed by atoms with Gasteiger partial charge < -0.3 is 5.32 Å². The molecule has 1 aliphatic rings. The molecule has 1 N–H and O–H groups in total. The molecule has 0 saturated heterocycles. The molecule has 0 fully saturated rings. The Morgan fingerprint density at radius 3 is 3.00 bits per heavy atom. The first-order chi connectivity index (χ1) is 6.27. The van der Waals surface area contributed by atoms with Crippen molar-refractivity contribution < 1.29 is 0 Å². The van der Waals surface area contributed by atoms with E-state index in [1.54, 1.807) is 23.9 Å². The van der Waals surface area contributed by atoms with Crippen molar-refractivity contribution in [2.24, 2.45) is 4.99 Å². The van der Waals surface area contributed by atoms with Crippen LogP contribution >= 0.6 is 22.9 Å². The highest BCUT2D eigenvalue weighted by Gasteiger charge is 2.12. The minimum absolute atomic E-state index is 0.230. The number of nitrogens with zero attached hydrogens (tertiary/aromatic N) is 1. The molecule has 0 aromatic carbocycles. The van der Waals surface area contributed by atoms with E-state index in [2.05, 4.69) is 10.3 Å². The van der Waals surface area contributed by atoms with Crippen LogP contribution in [0.3, 0.4) is 0 Å². The first kappa shape index (κ1) is 8.78. The van der Waals surface area contributed by atoms with Gasteiger partial charge >= 0.3 is 0 Å². The Labute approximate surface area is 85.9 Å². The molecular weight excluding hydrogens is 204 g/mol. The van der Waals surface area contributed by atoms with E-state index < -0.39 is 0 Å². The van der Waals surface area contributed by atoms with Gasteiger partial charge in [-0.1, -0.05) is 11.6 Å². The number of nitrogens with one attached hydrogen (secondary N) is 1. The largest absolute Gasteiger partial charge is 0.365 e. The number of aliphatic imine (C=N–C) groups is 1. The quantitative estimate of drug-likeness (QED) is 0.761. The van der Waals surface area contributed by atoms with Crippen LogP contribution in [0.1, 0.15) is 15.8 Å². The van der Waals surface area contributed by atoms with Gasteiger partial charge in [-0.05, 0) is 19.1 Å². The summed E-state index contributed by atoms with van der Waals surface area (Å²) in [4.78, 5) is 6.33. The second-order valence-electron chi connectivity index (χ2n) is 2.82. The zero-order chi connectivity index (χ0) is 9.26. The Morgan fingerprint density at radius 1 is 1.62 bits per heavy atom. The molecule has 1 aliphatic heterocycles. The van der Waals surface area contributed by atoms with Crippen LogP contribution in [-0.4, -0.2) is 6.34 Å². The average Bonchev–Trinajstić information content (AvgIpc) is 2.49. The summed E-state index contributed by atoms with van der Waals surface area (Å²) in [7, 11) is 0. The van der Waals surface area contributed by atoms with E-state index in [4.69, 9.17) is 11.6 Å². The predicted molar refractivity (Wildman–Crippen MR) is 57.6 cm³/mol. The second kappa shape index (κ2) is 3.52. The Balaban J connectivity index is 2.25. The van der Waals surface area contributed by atoms with Crippen LogP contribution in [0.15, 0.2) is 23.3 Å². The maximum Gasteiger partial charge on any atom is 0.0886 e. The fourth-order valence-corrected chi connectivity index (χ4v) is 2.43. The van der Waals surface area contributed by atoms with Crippen LogP contribution in [-0.2, 0) is 0 Å². The molecule has 1 aromatic rings. The number of rotatable bonds is 1. The molecule has 0 spiro atoms. The minimum atomic E-state index is 0.230. The number of aryl methyl sites for hydroxylation is 1. The standard InChI is InChI=1S/C9H9ClN2S/c1-6-7(10)4-9(13-6)8-2-3-11-5-12-8/h2-5,8H,1H3,(H,11,12). The smallest absolute Gasteiger partial charge is 0.0886 e. The molecule has 1 aromatic heterocycles. The first-order valence-corrected chi connectivity index (χ1v) is 5.17. The number of thiophene rings is 1. The second-order valence-corrected chi connectivity index (χ2v) is 4.51. The van der Waals surface area contributed by atoms with Crippen LogP contribution in [0.2, 0.25) is 5.02 Å². The monoisotopic (exact) mass is 212 g/mol. The summed E-state index contributed by atoms with van der Waals surface area (Å²) in [5.41, 5.74) is 0. The summed E-state index contributed by atoms with van der Waals surface area (Å²) in [6.07, 6.45) is 5.51. The molecule has 0 bridgehead atoms. The van der Waals surface area contributed by atoms with Gasteiger partial charge in [-0.3, -0.25) is 0 Å². The highest BCUT2D eigenvalue weighted by atomic mass is 35.5. The van der Waals surface area contributed by atoms with Crippen LogP contribution < -0.4 is 5.32 Å². The van der Waals surface area contributed by atoms with E-state index in [9.17, 15) is 0 Å². The summed E-state index contributed by atoms with van der Waals surface area (Å²) >= 11 is 7.69. The van der Waals surface area contributed by atoms with Gasteiger partial charge in [0.2, 0.25) is 0 Å². The summed E-state index contributed by atoms with van der Waals surface area (Å²) in [6.45, 7) is 2.02. The number of hydrogen-bond acceptors (Lipinski definition) is 3. The normalized spacial score (nSPS) is 20.3. The Bertz CT molecular complexity index is 348. The summed E-state index contributed by atoms with van der Waals surface area (Å²) in [5.74, 6) is 0. The third kappa shape index (κ3) is 1.76. The third-order valence-electron chi connectivity index (χ3n) is 1.88. The molecule has 2 rings (SSSR count). The van der Waals surface area contributed by atoms with Crippen molar-refractivity contribution in [3.05, 3.63) is 33.1 Å². The van der Waals surface area contributed by atoms with E-state index in [1.165, 1.54) is 4.88 Å². The van der Waals surface area contributed by atoms with Crippen LogP contribution in [0.25, 0.3) is 0 Å². The lowest BCUT2D eigenvalue weighted by Gasteiger charge is -2.12. The van der Waals surface area contributed by atoms with Crippen LogP contribution in [0.5, 0.6) is 0 Å². The molecule has 2 heterocycles. The van der Waals surface area contributed by atoms with Crippen molar-refractivity contribution in [1.29, 1.82) is 0 Å². The molecule has 1 unspecified atom stereocenters. The summed E-state index contributed by atoms with van der Waals surface area (Å²) < 4.78 is 0. The van der Waals surface area contributed by atoms with E-state index >= 15 is 0 Å². The number of hydrogen-bond donors (Lipinski definition) is 1. The van der Waals surface area contributed by atoms with Crippen molar-refractivity contribution in [2.45, 2.75) is 13.0 Å². The predicted octanol–water partition coefficient (Wildman–Crippen LogP) is 2.90. The van der Waals surface area contributed by atoms with Crippen molar-refractivity contribution in [3.63, 3.8) is 0 Å². The molecule has 2 nitrogen and oxygen atoms in total. The van der Waals surface area contributed by atoms with Gasteiger partial charge in [0.15, 0.2) is 0 Å². The maximum atomic E-state index is 5.97. The zero-order valence-electron chi connectivity index (χ0n) is 7.12. The van der Waals surface area contributed by atoms with Gasteiger partial charge in [-0.25, -0.2) is 4.99 Å². The van der Waals surface area contributed by atoms with Gasteiger partial charge in [-0.15, -0.1) is 11.3 Å².